The molecule has 136 valence electrons. The average Bonchev–Trinajstić information content (AvgIpc) is 2.52. The van der Waals surface area contributed by atoms with E-state index in [0.717, 1.165) is 5.57 Å². The van der Waals surface area contributed by atoms with Gasteiger partial charge in [0, 0.05) is 17.7 Å². The molecule has 0 aliphatic heterocycles. The molecule has 8 heteroatoms. The first-order chi connectivity index (χ1) is 11.7. The quantitative estimate of drug-likeness (QED) is 0.683. The molecule has 7 nitrogen and oxygen atoms in total. The van der Waals surface area contributed by atoms with E-state index >= 15 is 0 Å². The summed E-state index contributed by atoms with van der Waals surface area (Å²) in [4.78, 5) is 15.6. The number of primary amides is 1. The zero-order valence-corrected chi connectivity index (χ0v) is 15.4. The van der Waals surface area contributed by atoms with Crippen molar-refractivity contribution in [3.05, 3.63) is 48.3 Å². The topological polar surface area (TPSA) is 114 Å². The molecule has 4 N–H and O–H groups in total. The van der Waals surface area contributed by atoms with Crippen molar-refractivity contribution < 1.29 is 13.2 Å². The Hall–Kier alpha value is -2.19. The molecule has 0 saturated carbocycles. The Balaban J connectivity index is 2.23. The van der Waals surface area contributed by atoms with Crippen LogP contribution >= 0.6 is 0 Å². The fourth-order valence-corrected chi connectivity index (χ4v) is 4.24. The zero-order chi connectivity index (χ0) is 18.7. The van der Waals surface area contributed by atoms with Crippen molar-refractivity contribution in [3.8, 4) is 0 Å². The number of nitrogens with one attached hydrogen (secondary N) is 2. The lowest BCUT2D eigenvalue weighted by molar-refractivity contribution is -0.122. The Kier molecular flexibility index (Phi) is 5.64. The van der Waals surface area contributed by atoms with Gasteiger partial charge in [0.25, 0.3) is 10.2 Å². The smallest absolute Gasteiger partial charge is 0.299 e. The highest BCUT2D eigenvalue weighted by atomic mass is 32.2. The molecule has 0 fully saturated rings. The number of hydrogen-bond acceptors (Lipinski definition) is 4. The molecule has 25 heavy (non-hydrogen) atoms. The van der Waals surface area contributed by atoms with E-state index in [9.17, 15) is 13.2 Å². The molecule has 2 rings (SSSR count). The van der Waals surface area contributed by atoms with Gasteiger partial charge in [0.05, 0.1) is 17.8 Å². The maximum Gasteiger partial charge on any atom is 0.299 e. The lowest BCUT2D eigenvalue weighted by atomic mass is 9.67. The van der Waals surface area contributed by atoms with Gasteiger partial charge < -0.3 is 5.73 Å². The second-order valence-electron chi connectivity index (χ2n) is 6.53. The van der Waals surface area contributed by atoms with Gasteiger partial charge in [-0.15, -0.1) is 0 Å². The molecule has 1 aliphatic carbocycles. The van der Waals surface area contributed by atoms with Crippen molar-refractivity contribution in [1.29, 1.82) is 0 Å². The number of nitrogens with two attached hydrogens (primary N) is 1. The Bertz CT molecular complexity index is 785. The molecule has 2 atom stereocenters. The fourth-order valence-electron chi connectivity index (χ4n) is 3.08. The second kappa shape index (κ2) is 7.37. The van der Waals surface area contributed by atoms with Crippen LogP contribution in [-0.2, 0) is 15.0 Å². The van der Waals surface area contributed by atoms with Crippen LogP contribution in [0.15, 0.2) is 48.3 Å². The lowest BCUT2D eigenvalue weighted by Crippen LogP contribution is -2.46. The van der Waals surface area contributed by atoms with Gasteiger partial charge in [-0.1, -0.05) is 39.0 Å². The molecule has 0 spiro atoms. The van der Waals surface area contributed by atoms with Gasteiger partial charge in [0.15, 0.2) is 0 Å². The summed E-state index contributed by atoms with van der Waals surface area (Å²) in [5.41, 5.74) is 6.10. The highest BCUT2D eigenvalue weighted by Crippen LogP contribution is 2.41. The van der Waals surface area contributed by atoms with Gasteiger partial charge in [0.1, 0.15) is 0 Å². The van der Waals surface area contributed by atoms with E-state index in [1.54, 1.807) is 30.5 Å². The molecule has 0 bridgehead atoms. The number of hydrogen-bond donors (Lipinski definition) is 3. The van der Waals surface area contributed by atoms with E-state index in [1.165, 1.54) is 6.20 Å². The third kappa shape index (κ3) is 4.46. The van der Waals surface area contributed by atoms with Gasteiger partial charge in [0.2, 0.25) is 5.91 Å². The van der Waals surface area contributed by atoms with Gasteiger partial charge in [-0.3, -0.25) is 14.5 Å². The van der Waals surface area contributed by atoms with E-state index in [2.05, 4.69) is 14.4 Å². The molecule has 1 aliphatic rings. The predicted octanol–water partition coefficient (Wildman–Crippen LogP) is 1.73. The summed E-state index contributed by atoms with van der Waals surface area (Å²) in [6.45, 7) is 5.66. The van der Waals surface area contributed by atoms with Gasteiger partial charge in [-0.25, -0.2) is 0 Å². The maximum atomic E-state index is 12.5. The van der Waals surface area contributed by atoms with Crippen LogP contribution in [0, 0.1) is 11.3 Å². The molecule has 0 aromatic carbocycles. The van der Waals surface area contributed by atoms with Crippen molar-refractivity contribution in [1.82, 2.24) is 9.71 Å². The SMILES string of the molecule is CCC(NS(=O)(=O)Nc1cccnc1)C1=CC=CC(C(N)=O)C1(C)C. The minimum atomic E-state index is -3.80. The highest BCUT2D eigenvalue weighted by Gasteiger charge is 2.40. The third-order valence-electron chi connectivity index (χ3n) is 4.40. The van der Waals surface area contributed by atoms with Crippen LogP contribution in [0.2, 0.25) is 0 Å². The van der Waals surface area contributed by atoms with E-state index < -0.39 is 33.5 Å². The number of rotatable bonds is 7. The van der Waals surface area contributed by atoms with Crippen molar-refractivity contribution in [2.24, 2.45) is 17.1 Å². The van der Waals surface area contributed by atoms with Crippen LogP contribution in [0.5, 0.6) is 0 Å². The molecular formula is C17H24N4O3S. The van der Waals surface area contributed by atoms with E-state index in [1.807, 2.05) is 26.8 Å². The molecule has 1 amide bonds. The van der Waals surface area contributed by atoms with E-state index in [-0.39, 0.29) is 0 Å². The molecule has 1 aromatic rings. The molecule has 1 aromatic heterocycles. The zero-order valence-electron chi connectivity index (χ0n) is 14.6. The fraction of sp³-hybridized carbons (Fsp3) is 0.412. The Labute approximate surface area is 148 Å². The van der Waals surface area contributed by atoms with Gasteiger partial charge >= 0.3 is 0 Å². The number of aromatic nitrogens is 1. The minimum Gasteiger partial charge on any atom is -0.369 e. The Morgan fingerprint density at radius 3 is 2.72 bits per heavy atom. The van der Waals surface area contributed by atoms with Crippen LogP contribution in [0.25, 0.3) is 0 Å². The Morgan fingerprint density at radius 2 is 2.16 bits per heavy atom. The largest absolute Gasteiger partial charge is 0.369 e. The average molecular weight is 364 g/mol. The van der Waals surface area contributed by atoms with Crippen molar-refractivity contribution in [2.45, 2.75) is 33.2 Å². The number of anilines is 1. The van der Waals surface area contributed by atoms with Crippen LogP contribution in [0.4, 0.5) is 5.69 Å². The summed E-state index contributed by atoms with van der Waals surface area (Å²) in [5, 5.41) is 0. The number of allylic oxidation sites excluding steroid dienone is 2. The third-order valence-corrected chi connectivity index (χ3v) is 5.50. The summed E-state index contributed by atoms with van der Waals surface area (Å²) >= 11 is 0. The predicted molar refractivity (Wildman–Crippen MR) is 97.7 cm³/mol. The monoisotopic (exact) mass is 364 g/mol. The number of amides is 1. The van der Waals surface area contributed by atoms with E-state index in [0.29, 0.717) is 12.1 Å². The van der Waals surface area contributed by atoms with Gasteiger partial charge in [-0.2, -0.15) is 13.1 Å². The standard InChI is InChI=1S/C17H24N4O3S/c1-4-15(13-8-5-9-14(16(18)22)17(13,2)3)21-25(23,24)20-12-7-6-10-19-11-12/h5-11,14-15,20-21H,4H2,1-3H3,(H2,18,22). The highest BCUT2D eigenvalue weighted by molar-refractivity contribution is 7.90. The molecule has 1 heterocycles. The minimum absolute atomic E-state index is 0.372. The number of carbonyl (C=O) groups excluding carboxylic acids is 1. The van der Waals surface area contributed by atoms with Gasteiger partial charge in [-0.05, 0) is 24.1 Å². The first kappa shape index (κ1) is 19.1. The number of carbonyl (C=O) groups is 1. The van der Waals surface area contributed by atoms with Crippen LogP contribution in [0.3, 0.4) is 0 Å². The summed E-state index contributed by atoms with van der Waals surface area (Å²) < 4.78 is 30.0. The Morgan fingerprint density at radius 1 is 1.44 bits per heavy atom. The summed E-state index contributed by atoms with van der Waals surface area (Å²) in [5.74, 6) is -0.921. The summed E-state index contributed by atoms with van der Waals surface area (Å²) in [6, 6.07) is 2.79. The molecule has 2 unspecified atom stereocenters. The normalized spacial score (nSPS) is 20.6. The van der Waals surface area contributed by atoms with E-state index in [4.69, 9.17) is 5.73 Å². The first-order valence-electron chi connectivity index (χ1n) is 8.05. The maximum absolute atomic E-state index is 12.5. The van der Waals surface area contributed by atoms with Crippen molar-refractivity contribution in [2.75, 3.05) is 4.72 Å². The first-order valence-corrected chi connectivity index (χ1v) is 9.54. The summed E-state index contributed by atoms with van der Waals surface area (Å²) in [6.07, 6.45) is 8.87. The number of nitrogens with zero attached hydrogens (tertiary/aromatic N) is 1. The van der Waals surface area contributed by atoms with Crippen LogP contribution in [0.1, 0.15) is 27.2 Å². The molecule has 0 radical (unpaired) electrons. The van der Waals surface area contributed by atoms with Crippen LogP contribution < -0.4 is 15.2 Å². The number of pyridine rings is 1. The van der Waals surface area contributed by atoms with Crippen LogP contribution in [-0.4, -0.2) is 25.4 Å². The second-order valence-corrected chi connectivity index (χ2v) is 7.98. The molecule has 0 saturated heterocycles. The van der Waals surface area contributed by atoms with Crippen molar-refractivity contribution in [3.63, 3.8) is 0 Å². The molecular weight excluding hydrogens is 340 g/mol. The summed E-state index contributed by atoms with van der Waals surface area (Å²) in [7, 11) is -3.80. The lowest BCUT2D eigenvalue weighted by Gasteiger charge is -2.39. The van der Waals surface area contributed by atoms with Crippen molar-refractivity contribution >= 4 is 21.8 Å².